The number of hydrogen-bond acceptors (Lipinski definition) is 2. The minimum atomic E-state index is -0.297. The van der Waals surface area contributed by atoms with E-state index >= 15 is 0 Å². The molecule has 0 spiro atoms. The molecule has 0 aromatic rings. The van der Waals surface area contributed by atoms with Crippen LogP contribution < -0.4 is 5.32 Å². The highest BCUT2D eigenvalue weighted by atomic mass is 16.2. The number of rotatable bonds is 5. The van der Waals surface area contributed by atoms with Crippen molar-refractivity contribution < 1.29 is 9.59 Å². The quantitative estimate of drug-likeness (QED) is 0.828. The van der Waals surface area contributed by atoms with Crippen LogP contribution >= 0.6 is 0 Å². The number of carbonyl (C=O) groups excluding carboxylic acids is 2. The molecule has 2 rings (SSSR count). The first-order valence-corrected chi connectivity index (χ1v) is 7.68. The van der Waals surface area contributed by atoms with Gasteiger partial charge >= 0.3 is 0 Å². The molecule has 19 heavy (non-hydrogen) atoms. The molecular weight excluding hydrogens is 240 g/mol. The lowest BCUT2D eigenvalue weighted by Crippen LogP contribution is -2.49. The van der Waals surface area contributed by atoms with Crippen molar-refractivity contribution in [1.82, 2.24) is 10.2 Å². The third-order valence-corrected chi connectivity index (χ3v) is 4.82. The Morgan fingerprint density at radius 3 is 2.58 bits per heavy atom. The summed E-state index contributed by atoms with van der Waals surface area (Å²) < 4.78 is 0. The van der Waals surface area contributed by atoms with Gasteiger partial charge in [0.1, 0.15) is 6.04 Å². The number of carbonyl (C=O) groups is 2. The van der Waals surface area contributed by atoms with Crippen molar-refractivity contribution in [3.63, 3.8) is 0 Å². The molecule has 1 aliphatic carbocycles. The molecule has 108 valence electrons. The minimum Gasteiger partial charge on any atom is -0.344 e. The van der Waals surface area contributed by atoms with Crippen LogP contribution in [-0.4, -0.2) is 35.8 Å². The van der Waals surface area contributed by atoms with E-state index in [4.69, 9.17) is 0 Å². The summed E-state index contributed by atoms with van der Waals surface area (Å²) in [6.45, 7) is 5.70. The molecule has 0 aromatic heterocycles. The maximum atomic E-state index is 12.5. The topological polar surface area (TPSA) is 49.4 Å². The van der Waals surface area contributed by atoms with Crippen LogP contribution in [0.4, 0.5) is 0 Å². The molecule has 2 amide bonds. The van der Waals surface area contributed by atoms with E-state index in [-0.39, 0.29) is 17.9 Å². The molecule has 0 radical (unpaired) electrons. The molecule has 1 saturated carbocycles. The summed E-state index contributed by atoms with van der Waals surface area (Å²) in [5.74, 6) is 0.154. The Kier molecular flexibility index (Phi) is 4.48. The SMILES string of the molecule is CCCC1NC(=O)CCN(CC2(CC)CCC2)C1=O. The lowest BCUT2D eigenvalue weighted by molar-refractivity contribution is -0.136. The van der Waals surface area contributed by atoms with E-state index in [0.29, 0.717) is 18.4 Å². The van der Waals surface area contributed by atoms with Crippen LogP contribution in [0.1, 0.15) is 58.8 Å². The second-order valence-electron chi connectivity index (χ2n) is 6.13. The largest absolute Gasteiger partial charge is 0.344 e. The van der Waals surface area contributed by atoms with Crippen LogP contribution in [0, 0.1) is 5.41 Å². The first-order chi connectivity index (χ1) is 9.10. The third kappa shape index (κ3) is 3.10. The molecule has 0 aromatic carbocycles. The Labute approximate surface area is 115 Å². The summed E-state index contributed by atoms with van der Waals surface area (Å²) in [6, 6.07) is -0.297. The molecule has 4 heteroatoms. The first kappa shape index (κ1) is 14.4. The van der Waals surface area contributed by atoms with E-state index in [0.717, 1.165) is 25.8 Å². The molecule has 2 fully saturated rings. The lowest BCUT2D eigenvalue weighted by atomic mass is 9.66. The van der Waals surface area contributed by atoms with Gasteiger partial charge in [0.05, 0.1) is 0 Å². The summed E-state index contributed by atoms with van der Waals surface area (Å²) in [4.78, 5) is 26.2. The number of nitrogens with one attached hydrogen (secondary N) is 1. The van der Waals surface area contributed by atoms with Crippen molar-refractivity contribution in [3.05, 3.63) is 0 Å². The highest BCUT2D eigenvalue weighted by Gasteiger charge is 2.39. The monoisotopic (exact) mass is 266 g/mol. The average molecular weight is 266 g/mol. The van der Waals surface area contributed by atoms with Crippen LogP contribution in [0.3, 0.4) is 0 Å². The van der Waals surface area contributed by atoms with Gasteiger partial charge in [-0.2, -0.15) is 0 Å². The molecule has 1 saturated heterocycles. The van der Waals surface area contributed by atoms with Crippen molar-refractivity contribution in [2.45, 2.75) is 64.8 Å². The molecule has 0 bridgehead atoms. The molecule has 1 unspecified atom stereocenters. The van der Waals surface area contributed by atoms with E-state index < -0.39 is 0 Å². The Hall–Kier alpha value is -1.06. The molecule has 1 aliphatic heterocycles. The van der Waals surface area contributed by atoms with Gasteiger partial charge in [-0.25, -0.2) is 0 Å². The van der Waals surface area contributed by atoms with Crippen molar-refractivity contribution in [2.75, 3.05) is 13.1 Å². The number of amides is 2. The fourth-order valence-electron chi connectivity index (χ4n) is 3.24. The van der Waals surface area contributed by atoms with Crippen LogP contribution in [0.15, 0.2) is 0 Å². The molecule has 1 N–H and O–H groups in total. The zero-order valence-corrected chi connectivity index (χ0v) is 12.2. The van der Waals surface area contributed by atoms with Gasteiger partial charge in [0.2, 0.25) is 11.8 Å². The van der Waals surface area contributed by atoms with Crippen molar-refractivity contribution in [2.24, 2.45) is 5.41 Å². The maximum Gasteiger partial charge on any atom is 0.245 e. The summed E-state index contributed by atoms with van der Waals surface area (Å²) in [5, 5.41) is 2.87. The summed E-state index contributed by atoms with van der Waals surface area (Å²) in [6.07, 6.45) is 7.00. The highest BCUT2D eigenvalue weighted by Crippen LogP contribution is 2.44. The van der Waals surface area contributed by atoms with Crippen molar-refractivity contribution >= 4 is 11.8 Å². The highest BCUT2D eigenvalue weighted by molar-refractivity contribution is 5.89. The Morgan fingerprint density at radius 2 is 2.05 bits per heavy atom. The summed E-state index contributed by atoms with van der Waals surface area (Å²) in [7, 11) is 0. The van der Waals surface area contributed by atoms with E-state index in [2.05, 4.69) is 12.2 Å². The molecule has 4 nitrogen and oxygen atoms in total. The van der Waals surface area contributed by atoms with E-state index in [1.165, 1.54) is 19.3 Å². The predicted octanol–water partition coefficient (Wildman–Crippen LogP) is 2.08. The standard InChI is InChI=1S/C15H26N2O2/c1-3-6-12-14(19)17(10-7-13(18)16-12)11-15(4-2)8-5-9-15/h12H,3-11H2,1-2H3,(H,16,18). The summed E-state index contributed by atoms with van der Waals surface area (Å²) >= 11 is 0. The van der Waals surface area contributed by atoms with Crippen molar-refractivity contribution in [1.29, 1.82) is 0 Å². The third-order valence-electron chi connectivity index (χ3n) is 4.82. The smallest absolute Gasteiger partial charge is 0.245 e. The zero-order chi connectivity index (χ0) is 13.9. The van der Waals surface area contributed by atoms with Gasteiger partial charge in [-0.1, -0.05) is 26.7 Å². The fraction of sp³-hybridized carbons (Fsp3) is 0.867. The molecule has 1 atom stereocenters. The number of nitrogens with zero attached hydrogens (tertiary/aromatic N) is 1. The normalized spacial score (nSPS) is 26.6. The minimum absolute atomic E-state index is 0.0217. The van der Waals surface area contributed by atoms with Gasteiger partial charge in [0, 0.05) is 19.5 Å². The molecular formula is C15H26N2O2. The second kappa shape index (κ2) is 5.93. The Balaban J connectivity index is 2.05. The van der Waals surface area contributed by atoms with E-state index in [1.807, 2.05) is 11.8 Å². The predicted molar refractivity (Wildman–Crippen MR) is 74.6 cm³/mol. The van der Waals surface area contributed by atoms with Crippen LogP contribution in [-0.2, 0) is 9.59 Å². The van der Waals surface area contributed by atoms with Gasteiger partial charge in [0.15, 0.2) is 0 Å². The molecule has 1 heterocycles. The van der Waals surface area contributed by atoms with Gasteiger partial charge in [-0.05, 0) is 31.1 Å². The van der Waals surface area contributed by atoms with E-state index in [1.54, 1.807) is 0 Å². The van der Waals surface area contributed by atoms with Crippen LogP contribution in [0.2, 0.25) is 0 Å². The van der Waals surface area contributed by atoms with Crippen molar-refractivity contribution in [3.8, 4) is 0 Å². The van der Waals surface area contributed by atoms with Gasteiger partial charge < -0.3 is 10.2 Å². The first-order valence-electron chi connectivity index (χ1n) is 7.68. The maximum absolute atomic E-state index is 12.5. The Morgan fingerprint density at radius 1 is 1.32 bits per heavy atom. The second-order valence-corrected chi connectivity index (χ2v) is 6.13. The lowest BCUT2D eigenvalue weighted by Gasteiger charge is -2.44. The van der Waals surface area contributed by atoms with Gasteiger partial charge in [-0.3, -0.25) is 9.59 Å². The van der Waals surface area contributed by atoms with E-state index in [9.17, 15) is 9.59 Å². The summed E-state index contributed by atoms with van der Waals surface area (Å²) in [5.41, 5.74) is 0.333. The van der Waals surface area contributed by atoms with Crippen LogP contribution in [0.25, 0.3) is 0 Å². The number of hydrogen-bond donors (Lipinski definition) is 1. The molecule has 2 aliphatic rings. The Bertz CT molecular complexity index is 345. The zero-order valence-electron chi connectivity index (χ0n) is 12.2. The van der Waals surface area contributed by atoms with Crippen LogP contribution in [0.5, 0.6) is 0 Å². The van der Waals surface area contributed by atoms with Gasteiger partial charge in [0.25, 0.3) is 0 Å². The fourth-order valence-corrected chi connectivity index (χ4v) is 3.24. The van der Waals surface area contributed by atoms with Gasteiger partial charge in [-0.15, -0.1) is 0 Å². The average Bonchev–Trinajstić information content (AvgIpc) is 2.47.